The van der Waals surface area contributed by atoms with Crippen molar-refractivity contribution < 1.29 is 19.1 Å². The fraction of sp³-hybridized carbons (Fsp3) is 0.429. The fourth-order valence-electron chi connectivity index (χ4n) is 1.85. The molecule has 0 saturated heterocycles. The van der Waals surface area contributed by atoms with Crippen LogP contribution in [0.25, 0.3) is 0 Å². The Morgan fingerprint density at radius 3 is 2.58 bits per heavy atom. The topological polar surface area (TPSA) is 66.4 Å². The van der Waals surface area contributed by atoms with E-state index in [1.807, 2.05) is 0 Å². The molecule has 0 spiro atoms. The highest BCUT2D eigenvalue weighted by atomic mass is 19.1. The molecule has 0 aromatic heterocycles. The summed E-state index contributed by atoms with van der Waals surface area (Å²) in [5.41, 5.74) is 0.680. The standard InChI is InChI=1S/C14H18FNO3/c1-9(7-14(18)19)6-13(17)16-10(2)11-4-3-5-12(15)8-11/h3-5,8-10H,6-7H2,1-2H3,(H,16,17)(H,18,19)/t9?,10-/m0/s1. The first-order valence-electron chi connectivity index (χ1n) is 6.15. The number of hydrogen-bond acceptors (Lipinski definition) is 2. The van der Waals surface area contributed by atoms with Gasteiger partial charge in [0.05, 0.1) is 6.04 Å². The Labute approximate surface area is 111 Å². The number of amides is 1. The number of carbonyl (C=O) groups excluding carboxylic acids is 1. The molecule has 1 rings (SSSR count). The number of halogens is 1. The summed E-state index contributed by atoms with van der Waals surface area (Å²) in [5.74, 6) is -1.72. The molecule has 0 bridgehead atoms. The molecule has 0 fully saturated rings. The van der Waals surface area contributed by atoms with Crippen LogP contribution in [-0.4, -0.2) is 17.0 Å². The summed E-state index contributed by atoms with van der Waals surface area (Å²) >= 11 is 0. The zero-order chi connectivity index (χ0) is 14.4. The van der Waals surface area contributed by atoms with E-state index in [0.29, 0.717) is 5.56 Å². The number of hydrogen-bond donors (Lipinski definition) is 2. The van der Waals surface area contributed by atoms with Gasteiger partial charge >= 0.3 is 5.97 Å². The molecule has 4 nitrogen and oxygen atoms in total. The predicted molar refractivity (Wildman–Crippen MR) is 69.0 cm³/mol. The molecule has 5 heteroatoms. The number of carboxylic acid groups (broad SMARTS) is 1. The third-order valence-corrected chi connectivity index (χ3v) is 2.78. The number of rotatable bonds is 6. The Balaban J connectivity index is 2.50. The van der Waals surface area contributed by atoms with Gasteiger partial charge in [-0.25, -0.2) is 4.39 Å². The van der Waals surface area contributed by atoms with E-state index in [4.69, 9.17) is 5.11 Å². The number of carbonyl (C=O) groups is 2. The van der Waals surface area contributed by atoms with Crippen molar-refractivity contribution >= 4 is 11.9 Å². The molecular formula is C14H18FNO3. The average Bonchev–Trinajstić information content (AvgIpc) is 2.27. The van der Waals surface area contributed by atoms with Crippen molar-refractivity contribution in [2.45, 2.75) is 32.7 Å². The van der Waals surface area contributed by atoms with E-state index in [0.717, 1.165) is 0 Å². The molecule has 1 unspecified atom stereocenters. The largest absolute Gasteiger partial charge is 0.481 e. The maximum atomic E-state index is 13.0. The Morgan fingerprint density at radius 2 is 2.00 bits per heavy atom. The van der Waals surface area contributed by atoms with E-state index in [2.05, 4.69) is 5.32 Å². The van der Waals surface area contributed by atoms with Gasteiger partial charge in [-0.1, -0.05) is 19.1 Å². The first-order chi connectivity index (χ1) is 8.88. The SMILES string of the molecule is CC(CC(=O)O)CC(=O)N[C@@H](C)c1cccc(F)c1. The lowest BCUT2D eigenvalue weighted by Crippen LogP contribution is -2.28. The molecule has 0 aliphatic heterocycles. The van der Waals surface area contributed by atoms with Gasteiger partial charge in [0.25, 0.3) is 0 Å². The van der Waals surface area contributed by atoms with Gasteiger partial charge < -0.3 is 10.4 Å². The van der Waals surface area contributed by atoms with Crippen molar-refractivity contribution in [2.75, 3.05) is 0 Å². The molecule has 1 amide bonds. The zero-order valence-electron chi connectivity index (χ0n) is 11.0. The first kappa shape index (κ1) is 15.1. The van der Waals surface area contributed by atoms with E-state index in [9.17, 15) is 14.0 Å². The molecule has 0 aliphatic rings. The van der Waals surface area contributed by atoms with Gasteiger partial charge in [0, 0.05) is 12.8 Å². The summed E-state index contributed by atoms with van der Waals surface area (Å²) < 4.78 is 13.0. The highest BCUT2D eigenvalue weighted by molar-refractivity contribution is 5.77. The minimum Gasteiger partial charge on any atom is -0.481 e. The van der Waals surface area contributed by atoms with Crippen LogP contribution in [0.1, 0.15) is 38.3 Å². The first-order valence-corrected chi connectivity index (χ1v) is 6.15. The minimum absolute atomic E-state index is 0.0399. The fourth-order valence-corrected chi connectivity index (χ4v) is 1.85. The number of benzene rings is 1. The molecule has 2 N–H and O–H groups in total. The van der Waals surface area contributed by atoms with Crippen LogP contribution >= 0.6 is 0 Å². The molecule has 0 radical (unpaired) electrons. The van der Waals surface area contributed by atoms with E-state index in [1.165, 1.54) is 12.1 Å². The van der Waals surface area contributed by atoms with E-state index < -0.39 is 5.97 Å². The number of aliphatic carboxylic acids is 1. The smallest absolute Gasteiger partial charge is 0.303 e. The molecule has 0 heterocycles. The van der Waals surface area contributed by atoms with Crippen molar-refractivity contribution in [1.82, 2.24) is 5.32 Å². The monoisotopic (exact) mass is 267 g/mol. The van der Waals surface area contributed by atoms with Crippen LogP contribution in [0.4, 0.5) is 4.39 Å². The van der Waals surface area contributed by atoms with E-state index in [-0.39, 0.29) is 36.5 Å². The number of carboxylic acids is 1. The van der Waals surface area contributed by atoms with Crippen LogP contribution in [0.15, 0.2) is 24.3 Å². The summed E-state index contributed by atoms with van der Waals surface area (Å²) in [6.07, 6.45) is 0.105. The molecule has 104 valence electrons. The van der Waals surface area contributed by atoms with Crippen molar-refractivity contribution in [3.05, 3.63) is 35.6 Å². The molecule has 1 aromatic rings. The summed E-state index contributed by atoms with van der Waals surface area (Å²) in [6.45, 7) is 3.47. The third kappa shape index (κ3) is 5.50. The van der Waals surface area contributed by atoms with Crippen molar-refractivity contribution in [3.63, 3.8) is 0 Å². The minimum atomic E-state index is -0.918. The lowest BCUT2D eigenvalue weighted by molar-refractivity contribution is -0.138. The Bertz CT molecular complexity index is 462. The van der Waals surface area contributed by atoms with E-state index in [1.54, 1.807) is 26.0 Å². The van der Waals surface area contributed by atoms with Crippen LogP contribution in [0.5, 0.6) is 0 Å². The quantitative estimate of drug-likeness (QED) is 0.832. The summed E-state index contributed by atoms with van der Waals surface area (Å²) in [5, 5.41) is 11.3. The molecule has 2 atom stereocenters. The lowest BCUT2D eigenvalue weighted by atomic mass is 10.0. The molecule has 1 aromatic carbocycles. The van der Waals surface area contributed by atoms with Crippen LogP contribution in [0.3, 0.4) is 0 Å². The molecular weight excluding hydrogens is 249 g/mol. The Hall–Kier alpha value is -1.91. The molecule has 19 heavy (non-hydrogen) atoms. The van der Waals surface area contributed by atoms with Crippen LogP contribution in [0, 0.1) is 11.7 Å². The Kier molecular flexibility index (Phi) is 5.48. The van der Waals surface area contributed by atoms with Gasteiger partial charge in [-0.3, -0.25) is 9.59 Å². The number of nitrogens with one attached hydrogen (secondary N) is 1. The highest BCUT2D eigenvalue weighted by Crippen LogP contribution is 2.15. The predicted octanol–water partition coefficient (Wildman–Crippen LogP) is 2.50. The maximum absolute atomic E-state index is 13.0. The summed E-state index contributed by atoms with van der Waals surface area (Å²) in [6, 6.07) is 5.72. The second-order valence-corrected chi connectivity index (χ2v) is 4.75. The van der Waals surface area contributed by atoms with Crippen molar-refractivity contribution in [2.24, 2.45) is 5.92 Å². The van der Waals surface area contributed by atoms with Crippen molar-refractivity contribution in [3.8, 4) is 0 Å². The summed E-state index contributed by atoms with van der Waals surface area (Å²) in [7, 11) is 0. The average molecular weight is 267 g/mol. The van der Waals surface area contributed by atoms with Gasteiger partial charge in [-0.2, -0.15) is 0 Å². The van der Waals surface area contributed by atoms with Gasteiger partial charge in [0.15, 0.2) is 0 Å². The van der Waals surface area contributed by atoms with Gasteiger partial charge in [0.1, 0.15) is 5.82 Å². The van der Waals surface area contributed by atoms with Crippen molar-refractivity contribution in [1.29, 1.82) is 0 Å². The summed E-state index contributed by atoms with van der Waals surface area (Å²) in [4.78, 5) is 22.2. The normalized spacial score (nSPS) is 13.6. The van der Waals surface area contributed by atoms with Gasteiger partial charge in [-0.05, 0) is 30.5 Å². The second-order valence-electron chi connectivity index (χ2n) is 4.75. The lowest BCUT2D eigenvalue weighted by Gasteiger charge is -2.16. The highest BCUT2D eigenvalue weighted by Gasteiger charge is 2.15. The van der Waals surface area contributed by atoms with Crippen LogP contribution < -0.4 is 5.32 Å². The van der Waals surface area contributed by atoms with Gasteiger partial charge in [-0.15, -0.1) is 0 Å². The second kappa shape index (κ2) is 6.87. The molecule has 0 aliphatic carbocycles. The van der Waals surface area contributed by atoms with Gasteiger partial charge in [0.2, 0.25) is 5.91 Å². The van der Waals surface area contributed by atoms with Crippen LogP contribution in [-0.2, 0) is 9.59 Å². The van der Waals surface area contributed by atoms with Crippen LogP contribution in [0.2, 0.25) is 0 Å². The maximum Gasteiger partial charge on any atom is 0.303 e. The molecule has 0 saturated carbocycles. The Morgan fingerprint density at radius 1 is 1.32 bits per heavy atom. The third-order valence-electron chi connectivity index (χ3n) is 2.78. The van der Waals surface area contributed by atoms with E-state index >= 15 is 0 Å². The zero-order valence-corrected chi connectivity index (χ0v) is 11.0.